The second kappa shape index (κ2) is 6.51. The molecule has 2 rings (SSSR count). The van der Waals surface area contributed by atoms with E-state index in [-0.39, 0.29) is 11.9 Å². The molecule has 0 saturated heterocycles. The summed E-state index contributed by atoms with van der Waals surface area (Å²) in [6.07, 6.45) is 1.54. The number of nitrogens with one attached hydrogen (secondary N) is 2. The van der Waals surface area contributed by atoms with E-state index in [0.717, 1.165) is 0 Å². The lowest BCUT2D eigenvalue weighted by Crippen LogP contribution is -2.15. The Kier molecular flexibility index (Phi) is 4.50. The lowest BCUT2D eigenvalue weighted by Gasteiger charge is -2.08. The number of carbonyl (C=O) groups is 1. The van der Waals surface area contributed by atoms with Gasteiger partial charge in [-0.2, -0.15) is 9.97 Å². The molecule has 0 atom stereocenters. The van der Waals surface area contributed by atoms with Crippen molar-refractivity contribution in [3.8, 4) is 11.8 Å². The maximum atomic E-state index is 12.2. The number of hydrogen-bond acceptors (Lipinski definition) is 7. The van der Waals surface area contributed by atoms with Crippen molar-refractivity contribution in [3.63, 3.8) is 0 Å². The van der Waals surface area contributed by atoms with Crippen LogP contribution in [-0.4, -0.2) is 42.1 Å². The summed E-state index contributed by atoms with van der Waals surface area (Å²) in [7, 11) is 4.66. The Morgan fingerprint density at radius 3 is 2.38 bits per heavy atom. The molecule has 0 radical (unpaired) electrons. The molecule has 0 aliphatic carbocycles. The van der Waals surface area contributed by atoms with Gasteiger partial charge in [-0.3, -0.25) is 10.1 Å². The van der Waals surface area contributed by atoms with E-state index in [2.05, 4.69) is 25.6 Å². The van der Waals surface area contributed by atoms with Gasteiger partial charge in [0, 0.05) is 18.8 Å². The zero-order chi connectivity index (χ0) is 15.2. The van der Waals surface area contributed by atoms with Gasteiger partial charge in [0.1, 0.15) is 5.82 Å². The van der Waals surface area contributed by atoms with Crippen molar-refractivity contribution in [1.82, 2.24) is 15.0 Å². The van der Waals surface area contributed by atoms with Gasteiger partial charge in [0.15, 0.2) is 0 Å². The average Bonchev–Trinajstić information content (AvgIpc) is 2.54. The monoisotopic (exact) mass is 289 g/mol. The van der Waals surface area contributed by atoms with E-state index in [1.807, 2.05) is 0 Å². The van der Waals surface area contributed by atoms with Gasteiger partial charge in [-0.1, -0.05) is 0 Å². The molecule has 2 heterocycles. The van der Waals surface area contributed by atoms with Crippen LogP contribution < -0.4 is 20.1 Å². The summed E-state index contributed by atoms with van der Waals surface area (Å²) in [5.41, 5.74) is 0.430. The van der Waals surface area contributed by atoms with E-state index < -0.39 is 0 Å². The standard InChI is InChI=1S/C13H15N5O3/c1-14-9-6-8(4-5-15-9)12(19)18-13-16-10(20-2)7-11(17-13)21-3/h4-7H,1-3H3,(H,14,15)(H,16,17,18,19). The van der Waals surface area contributed by atoms with Crippen molar-refractivity contribution in [2.45, 2.75) is 0 Å². The molecule has 2 aromatic heterocycles. The summed E-state index contributed by atoms with van der Waals surface area (Å²) in [4.78, 5) is 24.3. The van der Waals surface area contributed by atoms with Gasteiger partial charge < -0.3 is 14.8 Å². The Morgan fingerprint density at radius 2 is 1.81 bits per heavy atom. The first kappa shape index (κ1) is 14.5. The van der Waals surface area contributed by atoms with Crippen LogP contribution in [0.25, 0.3) is 0 Å². The molecule has 0 saturated carbocycles. The van der Waals surface area contributed by atoms with Crippen molar-refractivity contribution >= 4 is 17.7 Å². The van der Waals surface area contributed by atoms with Crippen LogP contribution in [0, 0.1) is 0 Å². The molecule has 0 fully saturated rings. The molecule has 1 amide bonds. The molecule has 0 unspecified atom stereocenters. The van der Waals surface area contributed by atoms with Crippen LogP contribution in [0.1, 0.15) is 10.4 Å². The molecule has 0 bridgehead atoms. The van der Waals surface area contributed by atoms with E-state index in [1.54, 1.807) is 19.2 Å². The van der Waals surface area contributed by atoms with Crippen molar-refractivity contribution in [3.05, 3.63) is 30.0 Å². The van der Waals surface area contributed by atoms with E-state index >= 15 is 0 Å². The number of hydrogen-bond donors (Lipinski definition) is 2. The zero-order valence-electron chi connectivity index (χ0n) is 11.9. The summed E-state index contributed by atoms with van der Waals surface area (Å²) < 4.78 is 10.0. The van der Waals surface area contributed by atoms with Crippen molar-refractivity contribution < 1.29 is 14.3 Å². The average molecular weight is 289 g/mol. The van der Waals surface area contributed by atoms with Crippen LogP contribution in [0.2, 0.25) is 0 Å². The molecule has 8 nitrogen and oxygen atoms in total. The first-order chi connectivity index (χ1) is 10.2. The molecule has 8 heteroatoms. The van der Waals surface area contributed by atoms with E-state index in [9.17, 15) is 4.79 Å². The Bertz CT molecular complexity index is 625. The maximum Gasteiger partial charge on any atom is 0.258 e. The molecular weight excluding hydrogens is 274 g/mol. The van der Waals surface area contributed by atoms with Gasteiger partial charge in [0.05, 0.1) is 20.3 Å². The first-order valence-corrected chi connectivity index (χ1v) is 6.08. The fourth-order valence-corrected chi connectivity index (χ4v) is 1.55. The Balaban J connectivity index is 2.22. The summed E-state index contributed by atoms with van der Waals surface area (Å²) >= 11 is 0. The van der Waals surface area contributed by atoms with Gasteiger partial charge in [-0.15, -0.1) is 0 Å². The summed E-state index contributed by atoms with van der Waals surface area (Å²) in [6, 6.07) is 4.72. The van der Waals surface area contributed by atoms with Gasteiger partial charge >= 0.3 is 0 Å². The van der Waals surface area contributed by atoms with Gasteiger partial charge in [-0.05, 0) is 12.1 Å². The summed E-state index contributed by atoms with van der Waals surface area (Å²) in [5, 5.41) is 5.44. The molecule has 0 aliphatic rings. The van der Waals surface area contributed by atoms with Gasteiger partial charge in [-0.25, -0.2) is 4.98 Å². The van der Waals surface area contributed by atoms with Crippen LogP contribution in [0.15, 0.2) is 24.4 Å². The van der Waals surface area contributed by atoms with Crippen LogP contribution in [0.3, 0.4) is 0 Å². The highest BCUT2D eigenvalue weighted by atomic mass is 16.5. The van der Waals surface area contributed by atoms with Crippen molar-refractivity contribution in [2.75, 3.05) is 31.9 Å². The molecule has 21 heavy (non-hydrogen) atoms. The largest absolute Gasteiger partial charge is 0.481 e. The fraction of sp³-hybridized carbons (Fsp3) is 0.231. The minimum absolute atomic E-state index is 0.0963. The fourth-order valence-electron chi connectivity index (χ4n) is 1.55. The SMILES string of the molecule is CNc1cc(C(=O)Nc2nc(OC)cc(OC)n2)ccn1. The number of anilines is 2. The van der Waals surface area contributed by atoms with E-state index in [4.69, 9.17) is 9.47 Å². The number of carbonyl (C=O) groups excluding carboxylic acids is 1. The van der Waals surface area contributed by atoms with Crippen LogP contribution in [0.5, 0.6) is 11.8 Å². The number of amides is 1. The predicted octanol–water partition coefficient (Wildman–Crippen LogP) is 1.18. The third kappa shape index (κ3) is 3.56. The van der Waals surface area contributed by atoms with Gasteiger partial charge in [0.25, 0.3) is 5.91 Å². The lowest BCUT2D eigenvalue weighted by atomic mass is 10.2. The zero-order valence-corrected chi connectivity index (χ0v) is 11.9. The second-order valence-corrected chi connectivity index (χ2v) is 3.91. The number of ether oxygens (including phenoxy) is 2. The van der Waals surface area contributed by atoms with E-state index in [0.29, 0.717) is 23.1 Å². The van der Waals surface area contributed by atoms with Gasteiger partial charge in [0.2, 0.25) is 17.7 Å². The molecule has 0 aromatic carbocycles. The normalized spacial score (nSPS) is 9.86. The quantitative estimate of drug-likeness (QED) is 0.852. The second-order valence-electron chi connectivity index (χ2n) is 3.91. The topological polar surface area (TPSA) is 98.3 Å². The maximum absolute atomic E-state index is 12.2. The van der Waals surface area contributed by atoms with Crippen LogP contribution in [-0.2, 0) is 0 Å². The van der Waals surface area contributed by atoms with Crippen molar-refractivity contribution in [1.29, 1.82) is 0 Å². The lowest BCUT2D eigenvalue weighted by molar-refractivity contribution is 0.102. The summed E-state index contributed by atoms with van der Waals surface area (Å²) in [5.74, 6) is 0.917. The van der Waals surface area contributed by atoms with E-state index in [1.165, 1.54) is 26.5 Å². The Labute approximate surface area is 121 Å². The number of aromatic nitrogens is 3. The molecule has 110 valence electrons. The Morgan fingerprint density at radius 1 is 1.14 bits per heavy atom. The van der Waals surface area contributed by atoms with Crippen LogP contribution in [0.4, 0.5) is 11.8 Å². The summed E-state index contributed by atoms with van der Waals surface area (Å²) in [6.45, 7) is 0. The highest BCUT2D eigenvalue weighted by Crippen LogP contribution is 2.18. The number of rotatable bonds is 5. The number of pyridine rings is 1. The predicted molar refractivity (Wildman–Crippen MR) is 76.9 cm³/mol. The van der Waals surface area contributed by atoms with Crippen molar-refractivity contribution in [2.24, 2.45) is 0 Å². The minimum Gasteiger partial charge on any atom is -0.481 e. The highest BCUT2D eigenvalue weighted by Gasteiger charge is 2.11. The number of nitrogens with zero attached hydrogens (tertiary/aromatic N) is 3. The molecule has 2 aromatic rings. The molecular formula is C13H15N5O3. The Hall–Kier alpha value is -2.90. The third-order valence-electron chi connectivity index (χ3n) is 2.60. The molecule has 0 spiro atoms. The number of methoxy groups -OCH3 is 2. The first-order valence-electron chi connectivity index (χ1n) is 6.08. The highest BCUT2D eigenvalue weighted by molar-refractivity contribution is 6.03. The molecule has 2 N–H and O–H groups in total. The van der Waals surface area contributed by atoms with Crippen LogP contribution >= 0.6 is 0 Å². The molecule has 0 aliphatic heterocycles. The smallest absolute Gasteiger partial charge is 0.258 e. The minimum atomic E-state index is -0.357. The third-order valence-corrected chi connectivity index (χ3v) is 2.60.